The highest BCUT2D eigenvalue weighted by atomic mass is 79.9. The molecule has 0 N–H and O–H groups in total. The van der Waals surface area contributed by atoms with Crippen molar-refractivity contribution in [1.29, 1.82) is 5.26 Å². The van der Waals surface area contributed by atoms with Gasteiger partial charge in [-0.25, -0.2) is 4.98 Å². The molecule has 1 saturated heterocycles. The molecule has 0 bridgehead atoms. The van der Waals surface area contributed by atoms with Crippen LogP contribution in [-0.2, 0) is 0 Å². The molecule has 0 saturated carbocycles. The predicted octanol–water partition coefficient (Wildman–Crippen LogP) is 3.90. The average molecular weight is 342 g/mol. The molecule has 4 heteroatoms. The number of nitriles is 1. The van der Waals surface area contributed by atoms with Crippen LogP contribution < -0.4 is 4.90 Å². The number of aryl methyl sites for hydroxylation is 1. The fraction of sp³-hybridized carbons (Fsp3) is 0.294. The molecular formula is C17H16BrN3. The number of halogens is 1. The highest BCUT2D eigenvalue weighted by Gasteiger charge is 2.35. The van der Waals surface area contributed by atoms with Gasteiger partial charge >= 0.3 is 0 Å². The van der Waals surface area contributed by atoms with Gasteiger partial charge in [0, 0.05) is 25.2 Å². The highest BCUT2D eigenvalue weighted by molar-refractivity contribution is 9.10. The van der Waals surface area contributed by atoms with Crippen molar-refractivity contribution < 1.29 is 0 Å². The van der Waals surface area contributed by atoms with E-state index in [4.69, 9.17) is 0 Å². The average Bonchev–Trinajstić information content (AvgIpc) is 2.92. The van der Waals surface area contributed by atoms with Gasteiger partial charge in [-0.2, -0.15) is 5.26 Å². The molecule has 0 spiro atoms. The van der Waals surface area contributed by atoms with Gasteiger partial charge in [-0.15, -0.1) is 0 Å². The summed E-state index contributed by atoms with van der Waals surface area (Å²) in [5.41, 5.74) is 2.36. The number of rotatable bonds is 2. The van der Waals surface area contributed by atoms with Gasteiger partial charge < -0.3 is 4.90 Å². The third-order valence-corrected chi connectivity index (χ3v) is 4.55. The standard InChI is InChI=1S/C17H16BrN3/c1-12-7-16(18)17(20-9-12)21-10-14(8-19)15(11-21)13-5-3-2-4-6-13/h2-7,9,14-15H,10-11H2,1H3/t14-,15+/m1/s1. The van der Waals surface area contributed by atoms with Crippen molar-refractivity contribution >= 4 is 21.7 Å². The maximum Gasteiger partial charge on any atom is 0.142 e. The number of aromatic nitrogens is 1. The van der Waals surface area contributed by atoms with Crippen LogP contribution in [0.4, 0.5) is 5.82 Å². The third kappa shape index (κ3) is 2.79. The Morgan fingerprint density at radius 1 is 1.29 bits per heavy atom. The smallest absolute Gasteiger partial charge is 0.142 e. The minimum absolute atomic E-state index is 0.00223. The van der Waals surface area contributed by atoms with Crippen molar-refractivity contribution in [2.75, 3.05) is 18.0 Å². The molecule has 2 atom stereocenters. The maximum absolute atomic E-state index is 9.47. The molecule has 106 valence electrons. The minimum Gasteiger partial charge on any atom is -0.354 e. The molecule has 1 aromatic carbocycles. The van der Waals surface area contributed by atoms with Gasteiger partial charge in [-0.3, -0.25) is 0 Å². The Kier molecular flexibility index (Phi) is 3.94. The van der Waals surface area contributed by atoms with Crippen LogP contribution in [0.3, 0.4) is 0 Å². The van der Waals surface area contributed by atoms with Gasteiger partial charge in [-0.1, -0.05) is 30.3 Å². The Morgan fingerprint density at radius 2 is 2.05 bits per heavy atom. The molecule has 0 amide bonds. The lowest BCUT2D eigenvalue weighted by Crippen LogP contribution is -2.21. The molecule has 1 aromatic heterocycles. The van der Waals surface area contributed by atoms with Gasteiger partial charge in [0.15, 0.2) is 0 Å². The summed E-state index contributed by atoms with van der Waals surface area (Å²) in [5.74, 6) is 1.17. The number of benzene rings is 1. The summed E-state index contributed by atoms with van der Waals surface area (Å²) in [5, 5.41) is 9.47. The molecule has 1 aliphatic heterocycles. The van der Waals surface area contributed by atoms with E-state index >= 15 is 0 Å². The SMILES string of the molecule is Cc1cnc(N2C[C@@H](C#N)[C@H](c3ccccc3)C2)c(Br)c1. The molecule has 2 heterocycles. The molecule has 2 aromatic rings. The Hall–Kier alpha value is -1.86. The van der Waals surface area contributed by atoms with E-state index in [9.17, 15) is 5.26 Å². The van der Waals surface area contributed by atoms with Crippen molar-refractivity contribution in [3.63, 3.8) is 0 Å². The van der Waals surface area contributed by atoms with Gasteiger partial charge in [0.05, 0.1) is 16.5 Å². The van der Waals surface area contributed by atoms with Crippen LogP contribution in [0, 0.1) is 24.2 Å². The van der Waals surface area contributed by atoms with Gasteiger partial charge in [0.1, 0.15) is 5.82 Å². The highest BCUT2D eigenvalue weighted by Crippen LogP contribution is 2.36. The lowest BCUT2D eigenvalue weighted by molar-refractivity contribution is 0.647. The number of anilines is 1. The summed E-state index contributed by atoms with van der Waals surface area (Å²) in [6.45, 7) is 3.58. The van der Waals surface area contributed by atoms with Gasteiger partial charge in [0.25, 0.3) is 0 Å². The van der Waals surface area contributed by atoms with E-state index in [1.165, 1.54) is 5.56 Å². The van der Waals surface area contributed by atoms with Crippen molar-refractivity contribution in [2.45, 2.75) is 12.8 Å². The second-order valence-corrected chi connectivity index (χ2v) is 6.33. The number of pyridine rings is 1. The summed E-state index contributed by atoms with van der Waals surface area (Å²) in [6, 6.07) is 14.8. The third-order valence-electron chi connectivity index (χ3n) is 3.97. The molecule has 3 rings (SSSR count). The molecule has 0 aliphatic carbocycles. The van der Waals surface area contributed by atoms with Crippen molar-refractivity contribution in [3.8, 4) is 6.07 Å². The van der Waals surface area contributed by atoms with E-state index in [0.29, 0.717) is 0 Å². The molecular weight excluding hydrogens is 326 g/mol. The molecule has 0 unspecified atom stereocenters. The van der Waals surface area contributed by atoms with Gasteiger partial charge in [-0.05, 0) is 40.0 Å². The van der Waals surface area contributed by atoms with E-state index in [0.717, 1.165) is 28.9 Å². The van der Waals surface area contributed by atoms with Gasteiger partial charge in [0.2, 0.25) is 0 Å². The largest absolute Gasteiger partial charge is 0.354 e. The van der Waals surface area contributed by atoms with Crippen LogP contribution in [-0.4, -0.2) is 18.1 Å². The first-order valence-corrected chi connectivity index (χ1v) is 7.80. The van der Waals surface area contributed by atoms with E-state index in [1.54, 1.807) is 0 Å². The lowest BCUT2D eigenvalue weighted by atomic mass is 9.90. The fourth-order valence-electron chi connectivity index (χ4n) is 2.90. The molecule has 0 radical (unpaired) electrons. The topological polar surface area (TPSA) is 39.9 Å². The predicted molar refractivity (Wildman–Crippen MR) is 87.2 cm³/mol. The van der Waals surface area contributed by atoms with Crippen LogP contribution in [0.5, 0.6) is 0 Å². The van der Waals surface area contributed by atoms with Crippen molar-refractivity contribution in [2.24, 2.45) is 5.92 Å². The Bertz CT molecular complexity index is 678. The Morgan fingerprint density at radius 3 is 2.71 bits per heavy atom. The minimum atomic E-state index is 0.00223. The summed E-state index contributed by atoms with van der Waals surface area (Å²) in [7, 11) is 0. The zero-order chi connectivity index (χ0) is 14.8. The number of nitrogens with zero attached hydrogens (tertiary/aromatic N) is 3. The fourth-order valence-corrected chi connectivity index (χ4v) is 3.62. The monoisotopic (exact) mass is 341 g/mol. The first-order chi connectivity index (χ1) is 10.2. The molecule has 3 nitrogen and oxygen atoms in total. The van der Waals surface area contributed by atoms with E-state index in [-0.39, 0.29) is 11.8 Å². The van der Waals surface area contributed by atoms with Crippen LogP contribution >= 0.6 is 15.9 Å². The maximum atomic E-state index is 9.47. The Balaban J connectivity index is 1.89. The van der Waals surface area contributed by atoms with E-state index in [1.807, 2.05) is 31.3 Å². The zero-order valence-corrected chi connectivity index (χ0v) is 13.4. The molecule has 1 aliphatic rings. The normalized spacial score (nSPS) is 21.3. The van der Waals surface area contributed by atoms with Crippen LogP contribution in [0.15, 0.2) is 47.1 Å². The first kappa shape index (κ1) is 14.1. The second kappa shape index (κ2) is 5.87. The van der Waals surface area contributed by atoms with E-state index in [2.05, 4.69) is 50.1 Å². The number of hydrogen-bond donors (Lipinski definition) is 0. The zero-order valence-electron chi connectivity index (χ0n) is 11.8. The lowest BCUT2D eigenvalue weighted by Gasteiger charge is -2.19. The van der Waals surface area contributed by atoms with Crippen LogP contribution in [0.25, 0.3) is 0 Å². The van der Waals surface area contributed by atoms with Crippen LogP contribution in [0.1, 0.15) is 17.0 Å². The molecule has 1 fully saturated rings. The number of hydrogen-bond acceptors (Lipinski definition) is 3. The second-order valence-electron chi connectivity index (χ2n) is 5.48. The first-order valence-electron chi connectivity index (χ1n) is 7.00. The summed E-state index contributed by atoms with van der Waals surface area (Å²) in [6.07, 6.45) is 1.87. The van der Waals surface area contributed by atoms with Crippen molar-refractivity contribution in [1.82, 2.24) is 4.98 Å². The quantitative estimate of drug-likeness (QED) is 0.831. The molecule has 21 heavy (non-hydrogen) atoms. The summed E-state index contributed by atoms with van der Waals surface area (Å²) >= 11 is 3.59. The van der Waals surface area contributed by atoms with Crippen molar-refractivity contribution in [3.05, 3.63) is 58.2 Å². The Labute approximate surface area is 133 Å². The van der Waals surface area contributed by atoms with Crippen LogP contribution in [0.2, 0.25) is 0 Å². The summed E-state index contributed by atoms with van der Waals surface area (Å²) < 4.78 is 0.993. The summed E-state index contributed by atoms with van der Waals surface area (Å²) in [4.78, 5) is 6.73. The van der Waals surface area contributed by atoms with E-state index < -0.39 is 0 Å².